The molecule has 0 aromatic heterocycles. The van der Waals surface area contributed by atoms with Crippen molar-refractivity contribution in [2.45, 2.75) is 20.8 Å². The van der Waals surface area contributed by atoms with Crippen molar-refractivity contribution in [1.29, 1.82) is 0 Å². The second-order valence-electron chi connectivity index (χ2n) is 3.12. The first kappa shape index (κ1) is 9.78. The Morgan fingerprint density at radius 3 is 2.46 bits per heavy atom. The van der Waals surface area contributed by atoms with Gasteiger partial charge < -0.3 is 4.74 Å². The Kier molecular flexibility index (Phi) is 3.07. The van der Waals surface area contributed by atoms with Crippen LogP contribution >= 0.6 is 0 Å². The number of carbonyl (C=O) groups excluding carboxylic acids is 1. The van der Waals surface area contributed by atoms with E-state index in [1.807, 2.05) is 32.0 Å². The van der Waals surface area contributed by atoms with Crippen molar-refractivity contribution in [2.75, 3.05) is 0 Å². The third-order valence-corrected chi connectivity index (χ3v) is 1.67. The number of hydrogen-bond donors (Lipinski definition) is 0. The summed E-state index contributed by atoms with van der Waals surface area (Å²) in [6, 6.07) is 7.49. The summed E-state index contributed by atoms with van der Waals surface area (Å²) >= 11 is 0. The Hall–Kier alpha value is -1.31. The summed E-state index contributed by atoms with van der Waals surface area (Å²) in [5, 5.41) is 0. The van der Waals surface area contributed by atoms with Crippen molar-refractivity contribution in [3.05, 3.63) is 35.7 Å². The molecule has 0 amide bonds. The van der Waals surface area contributed by atoms with Crippen LogP contribution in [0.25, 0.3) is 0 Å². The maximum Gasteiger partial charge on any atom is 0.308 e. The Morgan fingerprint density at radius 1 is 1.23 bits per heavy atom. The fourth-order valence-electron chi connectivity index (χ4n) is 1.04. The van der Waals surface area contributed by atoms with Crippen molar-refractivity contribution in [2.24, 2.45) is 0 Å². The summed E-state index contributed by atoms with van der Waals surface area (Å²) < 4.78 is 4.95. The number of ether oxygens (including phenoxy) is 1. The van der Waals surface area contributed by atoms with Crippen LogP contribution in [0.2, 0.25) is 0 Å². The van der Waals surface area contributed by atoms with Gasteiger partial charge in [-0.15, -0.1) is 0 Å². The van der Waals surface area contributed by atoms with Crippen molar-refractivity contribution in [1.82, 2.24) is 0 Å². The molecule has 0 bridgehead atoms. The van der Waals surface area contributed by atoms with Crippen molar-refractivity contribution < 1.29 is 9.53 Å². The normalized spacial score (nSPS) is 10.2. The van der Waals surface area contributed by atoms with Gasteiger partial charge in [-0.3, -0.25) is 4.79 Å². The van der Waals surface area contributed by atoms with E-state index in [1.165, 1.54) is 12.8 Å². The molecule has 2 nitrogen and oxygen atoms in total. The van der Waals surface area contributed by atoms with E-state index in [0.717, 1.165) is 5.56 Å². The summed E-state index contributed by atoms with van der Waals surface area (Å²) in [6.45, 7) is 5.44. The van der Waals surface area contributed by atoms with Crippen molar-refractivity contribution in [3.8, 4) is 5.75 Å². The average molecular weight is 177 g/mol. The minimum Gasteiger partial charge on any atom is -0.427 e. The first-order valence-corrected chi connectivity index (χ1v) is 4.18. The lowest BCUT2D eigenvalue weighted by Crippen LogP contribution is -2.01. The minimum atomic E-state index is -0.286. The highest BCUT2D eigenvalue weighted by Crippen LogP contribution is 2.19. The molecule has 1 rings (SSSR count). The van der Waals surface area contributed by atoms with E-state index in [4.69, 9.17) is 4.74 Å². The largest absolute Gasteiger partial charge is 0.427 e. The molecule has 0 unspecified atom stereocenters. The van der Waals surface area contributed by atoms with Gasteiger partial charge in [-0.05, 0) is 23.6 Å². The molecule has 2 heteroatoms. The van der Waals surface area contributed by atoms with E-state index in [1.54, 1.807) is 6.07 Å². The third-order valence-electron chi connectivity index (χ3n) is 1.67. The van der Waals surface area contributed by atoms with Gasteiger partial charge in [0, 0.05) is 6.92 Å². The fourth-order valence-corrected chi connectivity index (χ4v) is 1.04. The number of rotatable bonds is 2. The molecule has 0 N–H and O–H groups in total. The van der Waals surface area contributed by atoms with Crippen LogP contribution in [0.4, 0.5) is 0 Å². The van der Waals surface area contributed by atoms with Crippen LogP contribution in [0.1, 0.15) is 26.3 Å². The van der Waals surface area contributed by atoms with Gasteiger partial charge in [0.2, 0.25) is 0 Å². The standard InChI is InChI=1S/C11H13O2/c1-8(2)10-5-4-6-11(7-10)13-9(3)12/h4-7H,1-3H3. The fraction of sp³-hybridized carbons (Fsp3) is 0.273. The van der Waals surface area contributed by atoms with Gasteiger partial charge in [0.05, 0.1) is 0 Å². The molecule has 0 saturated carbocycles. The van der Waals surface area contributed by atoms with E-state index in [2.05, 4.69) is 0 Å². The second-order valence-corrected chi connectivity index (χ2v) is 3.12. The van der Waals surface area contributed by atoms with Gasteiger partial charge in [-0.1, -0.05) is 26.0 Å². The molecule has 0 aliphatic heterocycles. The molecule has 0 saturated heterocycles. The van der Waals surface area contributed by atoms with Crippen LogP contribution < -0.4 is 4.74 Å². The molecule has 0 heterocycles. The van der Waals surface area contributed by atoms with Crippen LogP contribution in [0.5, 0.6) is 5.75 Å². The van der Waals surface area contributed by atoms with Crippen LogP contribution in [0, 0.1) is 5.92 Å². The first-order chi connectivity index (χ1) is 6.09. The van der Waals surface area contributed by atoms with Gasteiger partial charge in [0.1, 0.15) is 5.75 Å². The Labute approximate surface area is 78.5 Å². The first-order valence-electron chi connectivity index (χ1n) is 4.18. The summed E-state index contributed by atoms with van der Waals surface area (Å²) in [7, 11) is 0. The zero-order valence-corrected chi connectivity index (χ0v) is 8.13. The molecule has 0 aliphatic rings. The maximum atomic E-state index is 10.7. The molecule has 0 fully saturated rings. The predicted molar refractivity (Wildman–Crippen MR) is 51.4 cm³/mol. The molecule has 1 aromatic rings. The summed E-state index contributed by atoms with van der Waals surface area (Å²) in [5.74, 6) is 1.52. The van der Waals surface area contributed by atoms with E-state index in [-0.39, 0.29) is 5.97 Å². The molecule has 69 valence electrons. The van der Waals surface area contributed by atoms with Gasteiger partial charge in [-0.25, -0.2) is 0 Å². The maximum absolute atomic E-state index is 10.7. The second kappa shape index (κ2) is 4.08. The number of carbonyl (C=O) groups is 1. The zero-order valence-electron chi connectivity index (χ0n) is 8.13. The van der Waals surface area contributed by atoms with Crippen molar-refractivity contribution in [3.63, 3.8) is 0 Å². The molecular formula is C11H13O2. The van der Waals surface area contributed by atoms with Gasteiger partial charge in [0.15, 0.2) is 0 Å². The molecule has 13 heavy (non-hydrogen) atoms. The van der Waals surface area contributed by atoms with Gasteiger partial charge in [0.25, 0.3) is 0 Å². The third kappa shape index (κ3) is 2.90. The van der Waals surface area contributed by atoms with E-state index >= 15 is 0 Å². The number of esters is 1. The Balaban J connectivity index is 2.85. The predicted octanol–water partition coefficient (Wildman–Crippen LogP) is 2.57. The van der Waals surface area contributed by atoms with Crippen molar-refractivity contribution >= 4 is 5.97 Å². The number of hydrogen-bond acceptors (Lipinski definition) is 2. The van der Waals surface area contributed by atoms with Gasteiger partial charge >= 0.3 is 5.97 Å². The monoisotopic (exact) mass is 177 g/mol. The highest BCUT2D eigenvalue weighted by molar-refractivity contribution is 5.69. The lowest BCUT2D eigenvalue weighted by atomic mass is 10.0. The lowest BCUT2D eigenvalue weighted by Gasteiger charge is -2.06. The SMILES string of the molecule is C[C](C)c1cccc(OC(C)=O)c1. The minimum absolute atomic E-state index is 0.286. The van der Waals surface area contributed by atoms with Gasteiger partial charge in [-0.2, -0.15) is 0 Å². The quantitative estimate of drug-likeness (QED) is 0.512. The smallest absolute Gasteiger partial charge is 0.308 e. The van der Waals surface area contributed by atoms with E-state index in [0.29, 0.717) is 5.75 Å². The highest BCUT2D eigenvalue weighted by Gasteiger charge is 2.02. The Bertz CT molecular complexity index is 303. The molecular weight excluding hydrogens is 164 g/mol. The van der Waals surface area contributed by atoms with Crippen LogP contribution in [0.3, 0.4) is 0 Å². The van der Waals surface area contributed by atoms with E-state index in [9.17, 15) is 4.79 Å². The zero-order chi connectivity index (χ0) is 9.84. The number of benzene rings is 1. The van der Waals surface area contributed by atoms with Crippen LogP contribution in [0.15, 0.2) is 24.3 Å². The van der Waals surface area contributed by atoms with E-state index < -0.39 is 0 Å². The Morgan fingerprint density at radius 2 is 1.92 bits per heavy atom. The molecule has 1 aromatic carbocycles. The molecule has 0 atom stereocenters. The topological polar surface area (TPSA) is 26.3 Å². The lowest BCUT2D eigenvalue weighted by molar-refractivity contribution is -0.131. The summed E-state index contributed by atoms with van der Waals surface area (Å²) in [4.78, 5) is 10.7. The summed E-state index contributed by atoms with van der Waals surface area (Å²) in [5.41, 5.74) is 1.10. The van der Waals surface area contributed by atoms with Crippen LogP contribution in [-0.4, -0.2) is 5.97 Å². The summed E-state index contributed by atoms with van der Waals surface area (Å²) in [6.07, 6.45) is 0. The molecule has 1 radical (unpaired) electrons. The molecule has 0 spiro atoms. The van der Waals surface area contributed by atoms with Crippen LogP contribution in [-0.2, 0) is 4.79 Å². The average Bonchev–Trinajstić information content (AvgIpc) is 2.03. The molecule has 0 aliphatic carbocycles. The highest BCUT2D eigenvalue weighted by atomic mass is 16.5.